The fourth-order valence-electron chi connectivity index (χ4n) is 8.45. The van der Waals surface area contributed by atoms with Crippen molar-refractivity contribution in [3.8, 4) is 0 Å². The normalized spacial score (nSPS) is 43.9. The molecule has 8 unspecified atom stereocenters. The molecule has 0 spiro atoms. The number of hydrogen-bond donors (Lipinski definition) is 0. The maximum atomic E-state index is 2.74. The zero-order valence-corrected chi connectivity index (χ0v) is 21.6. The SMILES string of the molecule is CC.CC(C)C/C=C/C(C)C1CCC2C3CC=C4CC(C)CCC4(C)C3CCC12C. The van der Waals surface area contributed by atoms with Crippen LogP contribution in [0.2, 0.25) is 0 Å². The van der Waals surface area contributed by atoms with Crippen molar-refractivity contribution in [3.05, 3.63) is 23.8 Å². The van der Waals surface area contributed by atoms with Crippen molar-refractivity contribution in [3.63, 3.8) is 0 Å². The topological polar surface area (TPSA) is 0 Å². The molecule has 0 aromatic rings. The van der Waals surface area contributed by atoms with Gasteiger partial charge in [0.25, 0.3) is 0 Å². The zero-order valence-electron chi connectivity index (χ0n) is 21.6. The second kappa shape index (κ2) is 9.54. The monoisotopic (exact) mass is 412 g/mol. The van der Waals surface area contributed by atoms with Gasteiger partial charge in [-0.05, 0) is 110 Å². The van der Waals surface area contributed by atoms with Gasteiger partial charge in [-0.15, -0.1) is 0 Å². The molecule has 172 valence electrons. The van der Waals surface area contributed by atoms with Crippen molar-refractivity contribution in [2.45, 2.75) is 113 Å². The summed E-state index contributed by atoms with van der Waals surface area (Å²) < 4.78 is 0. The summed E-state index contributed by atoms with van der Waals surface area (Å²) in [5, 5.41) is 0. The average molecular weight is 413 g/mol. The van der Waals surface area contributed by atoms with Gasteiger partial charge in [0.1, 0.15) is 0 Å². The van der Waals surface area contributed by atoms with Crippen molar-refractivity contribution in [2.75, 3.05) is 0 Å². The fraction of sp³-hybridized carbons (Fsp3) is 0.867. The second-order valence-corrected chi connectivity index (χ2v) is 12.3. The Morgan fingerprint density at radius 2 is 1.73 bits per heavy atom. The summed E-state index contributed by atoms with van der Waals surface area (Å²) in [5.74, 6) is 6.29. The van der Waals surface area contributed by atoms with Crippen LogP contribution in [0.25, 0.3) is 0 Å². The summed E-state index contributed by atoms with van der Waals surface area (Å²) in [6, 6.07) is 0. The Morgan fingerprint density at radius 3 is 2.43 bits per heavy atom. The van der Waals surface area contributed by atoms with Crippen LogP contribution in [0, 0.1) is 52.3 Å². The highest BCUT2D eigenvalue weighted by Gasteiger charge is 2.58. The zero-order chi connectivity index (χ0) is 22.1. The van der Waals surface area contributed by atoms with E-state index in [0.29, 0.717) is 10.8 Å². The third kappa shape index (κ3) is 4.23. The highest BCUT2D eigenvalue weighted by atomic mass is 14.6. The molecular weight excluding hydrogens is 360 g/mol. The minimum Gasteiger partial charge on any atom is -0.0880 e. The number of rotatable bonds is 4. The molecule has 4 aliphatic carbocycles. The Labute approximate surface area is 189 Å². The number of hydrogen-bond acceptors (Lipinski definition) is 0. The summed E-state index contributed by atoms with van der Waals surface area (Å²) in [4.78, 5) is 0. The standard InChI is InChI=1S/C28H46.C2H6/c1-19(2)8-7-9-21(4)24-12-13-25-23-11-10-22-18-20(3)14-16-27(22,5)26(23)15-17-28(24,25)6;1-2/h7,9-10,19-21,23-26H,8,11-18H2,1-6H3;1-2H3/b9-7+;. The van der Waals surface area contributed by atoms with E-state index in [4.69, 9.17) is 0 Å². The Balaban J connectivity index is 0.00000124. The van der Waals surface area contributed by atoms with Crippen LogP contribution in [0.3, 0.4) is 0 Å². The largest absolute Gasteiger partial charge is 0.0880 e. The van der Waals surface area contributed by atoms with Crippen molar-refractivity contribution in [2.24, 2.45) is 52.3 Å². The van der Waals surface area contributed by atoms with E-state index >= 15 is 0 Å². The Bertz CT molecular complexity index is 624. The quantitative estimate of drug-likeness (QED) is 0.403. The predicted octanol–water partition coefficient (Wildman–Crippen LogP) is 9.47. The molecule has 30 heavy (non-hydrogen) atoms. The van der Waals surface area contributed by atoms with Crippen molar-refractivity contribution in [1.82, 2.24) is 0 Å². The molecule has 0 radical (unpaired) electrons. The highest BCUT2D eigenvalue weighted by molar-refractivity contribution is 5.25. The summed E-state index contributed by atoms with van der Waals surface area (Å²) in [6.07, 6.45) is 20.7. The van der Waals surface area contributed by atoms with Crippen LogP contribution in [0.4, 0.5) is 0 Å². The third-order valence-corrected chi connectivity index (χ3v) is 10.1. The smallest absolute Gasteiger partial charge is 0.00851 e. The van der Waals surface area contributed by atoms with Gasteiger partial charge in [0, 0.05) is 0 Å². The van der Waals surface area contributed by atoms with E-state index in [1.165, 1.54) is 57.8 Å². The first-order valence-electron chi connectivity index (χ1n) is 13.6. The van der Waals surface area contributed by atoms with Crippen molar-refractivity contribution in [1.29, 1.82) is 0 Å². The summed E-state index contributed by atoms with van der Waals surface area (Å²) >= 11 is 0. The van der Waals surface area contributed by atoms with Crippen LogP contribution >= 0.6 is 0 Å². The van der Waals surface area contributed by atoms with Gasteiger partial charge in [-0.1, -0.05) is 79.2 Å². The highest BCUT2D eigenvalue weighted by Crippen LogP contribution is 2.67. The minimum atomic E-state index is 0.539. The molecule has 0 N–H and O–H groups in total. The van der Waals surface area contributed by atoms with Gasteiger partial charge < -0.3 is 0 Å². The lowest BCUT2D eigenvalue weighted by Gasteiger charge is -2.58. The molecule has 3 saturated carbocycles. The maximum Gasteiger partial charge on any atom is -0.00851 e. The Kier molecular flexibility index (Phi) is 7.67. The molecule has 0 heteroatoms. The van der Waals surface area contributed by atoms with E-state index in [2.05, 4.69) is 59.8 Å². The molecule has 0 saturated heterocycles. The van der Waals surface area contributed by atoms with Crippen molar-refractivity contribution < 1.29 is 0 Å². The maximum absolute atomic E-state index is 2.74. The number of fused-ring (bicyclic) bond motifs is 5. The van der Waals surface area contributed by atoms with E-state index in [0.717, 1.165) is 41.4 Å². The lowest BCUT2D eigenvalue weighted by atomic mass is 9.46. The lowest BCUT2D eigenvalue weighted by Crippen LogP contribution is -2.50. The van der Waals surface area contributed by atoms with Crippen LogP contribution < -0.4 is 0 Å². The fourth-order valence-corrected chi connectivity index (χ4v) is 8.45. The van der Waals surface area contributed by atoms with Crippen LogP contribution in [-0.4, -0.2) is 0 Å². The third-order valence-electron chi connectivity index (χ3n) is 10.1. The molecule has 0 heterocycles. The average Bonchev–Trinajstić information content (AvgIpc) is 3.07. The molecule has 8 atom stereocenters. The number of allylic oxidation sites excluding steroid dienone is 4. The van der Waals surface area contributed by atoms with E-state index in [1.807, 2.05) is 19.4 Å². The van der Waals surface area contributed by atoms with Gasteiger partial charge in [-0.3, -0.25) is 0 Å². The molecule has 3 fully saturated rings. The Morgan fingerprint density at radius 1 is 1.00 bits per heavy atom. The first-order chi connectivity index (χ1) is 14.3. The first-order valence-corrected chi connectivity index (χ1v) is 13.6. The molecule has 0 aromatic carbocycles. The predicted molar refractivity (Wildman–Crippen MR) is 133 cm³/mol. The van der Waals surface area contributed by atoms with Gasteiger partial charge in [-0.2, -0.15) is 0 Å². The second-order valence-electron chi connectivity index (χ2n) is 12.3. The minimum absolute atomic E-state index is 0.539. The summed E-state index contributed by atoms with van der Waals surface area (Å²) in [7, 11) is 0. The Hall–Kier alpha value is -0.520. The molecule has 0 bridgehead atoms. The van der Waals surface area contributed by atoms with Crippen molar-refractivity contribution >= 4 is 0 Å². The molecule has 0 aromatic heterocycles. The molecular formula is C30H52. The molecule has 0 amide bonds. The van der Waals surface area contributed by atoms with Crippen LogP contribution in [0.1, 0.15) is 113 Å². The van der Waals surface area contributed by atoms with Gasteiger partial charge >= 0.3 is 0 Å². The lowest BCUT2D eigenvalue weighted by molar-refractivity contribution is -0.0486. The first kappa shape index (κ1) is 24.1. The molecule has 0 aliphatic heterocycles. The van der Waals surface area contributed by atoms with Crippen LogP contribution in [0.5, 0.6) is 0 Å². The van der Waals surface area contributed by atoms with E-state index in [-0.39, 0.29) is 0 Å². The molecule has 4 rings (SSSR count). The van der Waals surface area contributed by atoms with Crippen LogP contribution in [-0.2, 0) is 0 Å². The van der Waals surface area contributed by atoms with E-state index in [9.17, 15) is 0 Å². The van der Waals surface area contributed by atoms with Gasteiger partial charge in [0.15, 0.2) is 0 Å². The summed E-state index contributed by atoms with van der Waals surface area (Å²) in [5.41, 5.74) is 2.99. The molecule has 4 aliphatic rings. The summed E-state index contributed by atoms with van der Waals surface area (Å²) in [6.45, 7) is 19.0. The van der Waals surface area contributed by atoms with Gasteiger partial charge in [0.05, 0.1) is 0 Å². The van der Waals surface area contributed by atoms with Crippen LogP contribution in [0.15, 0.2) is 23.8 Å². The molecule has 0 nitrogen and oxygen atoms in total. The van der Waals surface area contributed by atoms with Gasteiger partial charge in [-0.25, -0.2) is 0 Å². The van der Waals surface area contributed by atoms with E-state index < -0.39 is 0 Å². The van der Waals surface area contributed by atoms with E-state index in [1.54, 1.807) is 0 Å². The van der Waals surface area contributed by atoms with Gasteiger partial charge in [0.2, 0.25) is 0 Å².